The first kappa shape index (κ1) is 16.6. The zero-order valence-electron chi connectivity index (χ0n) is 13.3. The maximum atomic E-state index is 5.98. The van der Waals surface area contributed by atoms with Gasteiger partial charge in [0.1, 0.15) is 6.54 Å². The summed E-state index contributed by atoms with van der Waals surface area (Å²) in [7, 11) is 2.07. The average molecular weight is 397 g/mol. The molecule has 0 saturated carbocycles. The van der Waals surface area contributed by atoms with Crippen LogP contribution in [0.4, 0.5) is 0 Å². The molecule has 0 saturated heterocycles. The van der Waals surface area contributed by atoms with Crippen LogP contribution in [0, 0.1) is 4.84 Å². The molecule has 9 heteroatoms. The van der Waals surface area contributed by atoms with Crippen molar-refractivity contribution in [1.29, 1.82) is 0 Å². The van der Waals surface area contributed by atoms with Crippen LogP contribution in [0.15, 0.2) is 34.7 Å². The summed E-state index contributed by atoms with van der Waals surface area (Å²) in [6.07, 6.45) is 0. The minimum absolute atomic E-state index is 0.234. The number of benzene rings is 1. The van der Waals surface area contributed by atoms with Crippen LogP contribution in [-0.2, 0) is 13.2 Å². The van der Waals surface area contributed by atoms with E-state index in [-0.39, 0.29) is 6.79 Å². The number of ether oxygens (including phenoxy) is 2. The molecule has 130 valence electrons. The van der Waals surface area contributed by atoms with Gasteiger partial charge in [-0.15, -0.1) is 16.4 Å². The molecule has 1 atom stereocenters. The maximum absolute atomic E-state index is 5.98. The molecule has 0 bridgehead atoms. The molecule has 1 aromatic carbocycles. The first-order chi connectivity index (χ1) is 12.1. The molecule has 6 nitrogen and oxygen atoms in total. The predicted octanol–water partition coefficient (Wildman–Crippen LogP) is 2.99. The molecule has 0 spiro atoms. The molecule has 25 heavy (non-hydrogen) atoms. The Morgan fingerprint density at radius 3 is 2.92 bits per heavy atom. The first-order valence-electron chi connectivity index (χ1n) is 7.62. The number of nitrogens with one attached hydrogen (secondary N) is 1. The monoisotopic (exact) mass is 396 g/mol. The molecule has 0 aliphatic carbocycles. The van der Waals surface area contributed by atoms with Crippen molar-refractivity contribution in [2.75, 3.05) is 13.8 Å². The van der Waals surface area contributed by atoms with Crippen LogP contribution in [0.1, 0.15) is 4.88 Å². The molecule has 1 unspecified atom stereocenters. The Balaban J connectivity index is 1.51. The quantitative estimate of drug-likeness (QED) is 0.672. The number of nitrogens with zero attached hydrogens (tertiary/aromatic N) is 2. The van der Waals surface area contributed by atoms with Crippen LogP contribution >= 0.6 is 35.2 Å². The third-order valence-electron chi connectivity index (χ3n) is 3.75. The van der Waals surface area contributed by atoms with Crippen molar-refractivity contribution in [3.05, 3.63) is 44.4 Å². The van der Waals surface area contributed by atoms with Crippen molar-refractivity contribution in [2.24, 2.45) is 0 Å². The molecular formula is C16H15ClN3O3S2+. The Morgan fingerprint density at radius 1 is 1.28 bits per heavy atom. The number of thiophene rings is 1. The lowest BCUT2D eigenvalue weighted by atomic mass is 10.2. The molecule has 1 aliphatic heterocycles. The summed E-state index contributed by atoms with van der Waals surface area (Å²) in [4.78, 5) is 2.78. The van der Waals surface area contributed by atoms with E-state index in [4.69, 9.17) is 37.7 Å². The summed E-state index contributed by atoms with van der Waals surface area (Å²) >= 11 is 12.9. The van der Waals surface area contributed by atoms with E-state index in [9.17, 15) is 0 Å². The predicted molar refractivity (Wildman–Crippen MR) is 96.8 cm³/mol. The van der Waals surface area contributed by atoms with Gasteiger partial charge in [0, 0.05) is 5.56 Å². The summed E-state index contributed by atoms with van der Waals surface area (Å²) in [6, 6.07) is 9.51. The van der Waals surface area contributed by atoms with Crippen molar-refractivity contribution < 1.29 is 18.8 Å². The summed E-state index contributed by atoms with van der Waals surface area (Å²) in [5, 5.41) is 4.50. The van der Waals surface area contributed by atoms with Gasteiger partial charge in [0.05, 0.1) is 16.3 Å². The second-order valence-electron chi connectivity index (χ2n) is 5.74. The lowest BCUT2D eigenvalue weighted by Crippen LogP contribution is -3.06. The van der Waals surface area contributed by atoms with Crippen LogP contribution in [0.25, 0.3) is 11.5 Å². The van der Waals surface area contributed by atoms with Crippen LogP contribution < -0.4 is 14.4 Å². The van der Waals surface area contributed by atoms with E-state index in [1.807, 2.05) is 30.3 Å². The van der Waals surface area contributed by atoms with Crippen molar-refractivity contribution >= 4 is 35.2 Å². The second kappa shape index (κ2) is 6.80. The number of quaternary nitrogens is 1. The topological polar surface area (TPSA) is 53.9 Å². The third-order valence-corrected chi connectivity index (χ3v) is 5.28. The minimum atomic E-state index is 0.234. The van der Waals surface area contributed by atoms with E-state index in [1.165, 1.54) is 9.78 Å². The van der Waals surface area contributed by atoms with Gasteiger partial charge in [-0.3, -0.25) is 0 Å². The summed E-state index contributed by atoms with van der Waals surface area (Å²) < 4.78 is 18.9. The SMILES string of the molecule is C[NH+](Cc1ccc(Cl)s1)Cn1nc(-c2ccc3c(c2)OCO3)oc1=S. The number of hydrogen-bond acceptors (Lipinski definition) is 6. The summed E-state index contributed by atoms with van der Waals surface area (Å²) in [5.41, 5.74) is 0.803. The van der Waals surface area contributed by atoms with E-state index < -0.39 is 0 Å². The molecule has 4 rings (SSSR count). The Bertz CT molecular complexity index is 966. The average Bonchev–Trinajstić information content (AvgIpc) is 3.28. The van der Waals surface area contributed by atoms with E-state index in [0.29, 0.717) is 23.1 Å². The highest BCUT2D eigenvalue weighted by Crippen LogP contribution is 2.35. The smallest absolute Gasteiger partial charge is 0.292 e. The van der Waals surface area contributed by atoms with Gasteiger partial charge in [-0.2, -0.15) is 4.68 Å². The summed E-state index contributed by atoms with van der Waals surface area (Å²) in [5.74, 6) is 1.88. The molecule has 3 heterocycles. The van der Waals surface area contributed by atoms with E-state index in [0.717, 1.165) is 22.2 Å². The van der Waals surface area contributed by atoms with Crippen molar-refractivity contribution in [3.63, 3.8) is 0 Å². The van der Waals surface area contributed by atoms with Gasteiger partial charge >= 0.3 is 0 Å². The number of rotatable bonds is 5. The summed E-state index contributed by atoms with van der Waals surface area (Å²) in [6.45, 7) is 1.67. The molecule has 0 fully saturated rings. The van der Waals surface area contributed by atoms with Gasteiger partial charge in [0.25, 0.3) is 4.84 Å². The molecular weight excluding hydrogens is 382 g/mol. The van der Waals surface area contributed by atoms with Gasteiger partial charge < -0.3 is 18.8 Å². The standard InChI is InChI=1S/C16H14ClN3O3S2/c1-19(7-11-3-5-14(17)25-11)8-20-16(24)23-15(18-20)10-2-4-12-13(6-10)22-9-21-12/h2-6H,7-9H2,1H3/p+1. The van der Waals surface area contributed by atoms with Gasteiger partial charge in [-0.05, 0) is 42.5 Å². The molecule has 0 radical (unpaired) electrons. The lowest BCUT2D eigenvalue weighted by molar-refractivity contribution is -0.917. The van der Waals surface area contributed by atoms with Crippen LogP contribution in [0.5, 0.6) is 11.5 Å². The number of halogens is 1. The second-order valence-corrected chi connectivity index (χ2v) is 7.89. The fraction of sp³-hybridized carbons (Fsp3) is 0.250. The van der Waals surface area contributed by atoms with Gasteiger partial charge in [0.2, 0.25) is 12.7 Å². The highest BCUT2D eigenvalue weighted by atomic mass is 35.5. The number of fused-ring (bicyclic) bond motifs is 1. The Kier molecular flexibility index (Phi) is 4.51. The van der Waals surface area contributed by atoms with E-state index in [1.54, 1.807) is 16.0 Å². The Labute approximate surface area is 158 Å². The highest BCUT2D eigenvalue weighted by molar-refractivity contribution is 7.71. The van der Waals surface area contributed by atoms with Crippen LogP contribution in [0.3, 0.4) is 0 Å². The lowest BCUT2D eigenvalue weighted by Gasteiger charge is -2.11. The van der Waals surface area contributed by atoms with Gasteiger partial charge in [-0.25, -0.2) is 0 Å². The molecule has 0 amide bonds. The zero-order chi connectivity index (χ0) is 17.4. The zero-order valence-corrected chi connectivity index (χ0v) is 15.7. The fourth-order valence-corrected chi connectivity index (χ4v) is 3.99. The number of hydrogen-bond donors (Lipinski definition) is 1. The highest BCUT2D eigenvalue weighted by Gasteiger charge is 2.17. The minimum Gasteiger partial charge on any atom is -0.454 e. The Morgan fingerprint density at radius 2 is 2.12 bits per heavy atom. The van der Waals surface area contributed by atoms with E-state index in [2.05, 4.69) is 12.1 Å². The normalized spacial score (nSPS) is 14.0. The molecule has 1 aliphatic rings. The maximum Gasteiger partial charge on any atom is 0.292 e. The molecule has 3 aromatic rings. The largest absolute Gasteiger partial charge is 0.454 e. The third kappa shape index (κ3) is 3.57. The van der Waals surface area contributed by atoms with Crippen molar-refractivity contribution in [3.8, 4) is 23.0 Å². The van der Waals surface area contributed by atoms with Crippen molar-refractivity contribution in [2.45, 2.75) is 13.2 Å². The molecule has 2 aromatic heterocycles. The first-order valence-corrected chi connectivity index (χ1v) is 9.22. The van der Waals surface area contributed by atoms with Crippen molar-refractivity contribution in [1.82, 2.24) is 9.78 Å². The van der Waals surface area contributed by atoms with Crippen LogP contribution in [0.2, 0.25) is 4.34 Å². The van der Waals surface area contributed by atoms with Gasteiger partial charge in [-0.1, -0.05) is 11.6 Å². The van der Waals surface area contributed by atoms with E-state index >= 15 is 0 Å². The van der Waals surface area contributed by atoms with Crippen LogP contribution in [-0.4, -0.2) is 23.6 Å². The number of aromatic nitrogens is 2. The Hall–Kier alpha value is -1.87. The fourth-order valence-electron chi connectivity index (χ4n) is 2.61. The van der Waals surface area contributed by atoms with Gasteiger partial charge in [0.15, 0.2) is 18.2 Å². The molecule has 1 N–H and O–H groups in total.